The molecule has 0 aliphatic carbocycles. The quantitative estimate of drug-likeness (QED) is 0.567. The van der Waals surface area contributed by atoms with Gasteiger partial charge in [0.25, 0.3) is 5.56 Å². The van der Waals surface area contributed by atoms with E-state index in [1.54, 1.807) is 12.3 Å². The largest absolute Gasteiger partial charge is 0.416 e. The average molecular weight is 400 g/mol. The number of pyridine rings is 1. The zero-order chi connectivity index (χ0) is 20.3. The molecule has 0 amide bonds. The van der Waals surface area contributed by atoms with Crippen molar-refractivity contribution in [2.75, 3.05) is 6.26 Å². The lowest BCUT2D eigenvalue weighted by molar-refractivity contribution is -0.137. The van der Waals surface area contributed by atoms with E-state index in [9.17, 15) is 23.2 Å². The SMILES string of the molecule is CSc1cc(-c2ccccc2)n(Cc2cccc(C(F)(F)F)c2)c(=O)c1C#N. The first kappa shape index (κ1) is 19.8. The fraction of sp³-hybridized carbons (Fsp3) is 0.143. The van der Waals surface area contributed by atoms with Gasteiger partial charge in [0.1, 0.15) is 11.6 Å². The van der Waals surface area contributed by atoms with Gasteiger partial charge in [-0.25, -0.2) is 0 Å². The molecule has 0 fully saturated rings. The second-order valence-electron chi connectivity index (χ2n) is 6.04. The summed E-state index contributed by atoms with van der Waals surface area (Å²) in [4.78, 5) is 13.5. The van der Waals surface area contributed by atoms with Crippen molar-refractivity contribution in [2.45, 2.75) is 17.6 Å². The third-order valence-electron chi connectivity index (χ3n) is 4.26. The number of benzene rings is 2. The lowest BCUT2D eigenvalue weighted by Crippen LogP contribution is -2.25. The van der Waals surface area contributed by atoms with Gasteiger partial charge >= 0.3 is 6.18 Å². The van der Waals surface area contributed by atoms with Gasteiger partial charge in [0.2, 0.25) is 0 Å². The van der Waals surface area contributed by atoms with E-state index >= 15 is 0 Å². The van der Waals surface area contributed by atoms with E-state index in [4.69, 9.17) is 0 Å². The predicted octanol–water partition coefficient (Wildman–Crippen LogP) is 5.18. The number of rotatable bonds is 4. The van der Waals surface area contributed by atoms with Gasteiger partial charge in [0.15, 0.2) is 0 Å². The van der Waals surface area contributed by atoms with Gasteiger partial charge < -0.3 is 4.57 Å². The Bertz CT molecular complexity index is 1100. The maximum Gasteiger partial charge on any atom is 0.416 e. The molecule has 0 spiro atoms. The number of halogens is 3. The first-order chi connectivity index (χ1) is 13.3. The fourth-order valence-electron chi connectivity index (χ4n) is 2.92. The normalized spacial score (nSPS) is 11.2. The average Bonchev–Trinajstić information content (AvgIpc) is 2.69. The van der Waals surface area contributed by atoms with Crippen LogP contribution >= 0.6 is 11.8 Å². The highest BCUT2D eigenvalue weighted by Gasteiger charge is 2.30. The molecule has 0 saturated heterocycles. The summed E-state index contributed by atoms with van der Waals surface area (Å²) in [6.07, 6.45) is -2.70. The van der Waals surface area contributed by atoms with Crippen molar-refractivity contribution in [1.29, 1.82) is 5.26 Å². The third kappa shape index (κ3) is 3.97. The summed E-state index contributed by atoms with van der Waals surface area (Å²) in [7, 11) is 0. The maximum absolute atomic E-state index is 13.0. The van der Waals surface area contributed by atoms with Gasteiger partial charge in [-0.05, 0) is 35.6 Å². The van der Waals surface area contributed by atoms with Crippen LogP contribution in [0.15, 0.2) is 70.4 Å². The molecule has 0 bridgehead atoms. The molecule has 0 radical (unpaired) electrons. The molecule has 3 rings (SSSR count). The second-order valence-corrected chi connectivity index (χ2v) is 6.89. The summed E-state index contributed by atoms with van der Waals surface area (Å²) >= 11 is 1.28. The smallest absolute Gasteiger partial charge is 0.303 e. The molecule has 28 heavy (non-hydrogen) atoms. The fourth-order valence-corrected chi connectivity index (χ4v) is 3.49. The molecule has 0 N–H and O–H groups in total. The Hall–Kier alpha value is -2.98. The highest BCUT2D eigenvalue weighted by molar-refractivity contribution is 7.98. The highest BCUT2D eigenvalue weighted by Crippen LogP contribution is 2.30. The van der Waals surface area contributed by atoms with Crippen LogP contribution in [-0.2, 0) is 12.7 Å². The molecule has 3 nitrogen and oxygen atoms in total. The standard InChI is InChI=1S/C21H15F3N2OS/c1-28-19-11-18(15-7-3-2-4-8-15)26(20(27)17(19)12-25)13-14-6-5-9-16(10-14)21(22,23)24/h2-11H,13H2,1H3. The number of nitrogens with zero attached hydrogens (tertiary/aromatic N) is 2. The van der Waals surface area contributed by atoms with Crippen LogP contribution in [0.1, 0.15) is 16.7 Å². The van der Waals surface area contributed by atoms with Crippen molar-refractivity contribution < 1.29 is 13.2 Å². The molecule has 142 valence electrons. The molecule has 0 saturated carbocycles. The topological polar surface area (TPSA) is 45.8 Å². The minimum Gasteiger partial charge on any atom is -0.303 e. The minimum atomic E-state index is -4.47. The molecule has 7 heteroatoms. The molecular weight excluding hydrogens is 385 g/mol. The van der Waals surface area contributed by atoms with Crippen LogP contribution < -0.4 is 5.56 Å². The molecule has 1 heterocycles. The van der Waals surface area contributed by atoms with Crippen LogP contribution in [0, 0.1) is 11.3 Å². The molecule has 2 aromatic carbocycles. The van der Waals surface area contributed by atoms with Crippen LogP contribution in [0.25, 0.3) is 11.3 Å². The molecule has 0 unspecified atom stereocenters. The van der Waals surface area contributed by atoms with E-state index < -0.39 is 17.3 Å². The summed E-state index contributed by atoms with van der Waals surface area (Å²) in [6, 6.07) is 17.6. The predicted molar refractivity (Wildman–Crippen MR) is 103 cm³/mol. The number of thioether (sulfide) groups is 1. The second kappa shape index (κ2) is 7.95. The van der Waals surface area contributed by atoms with Crippen molar-refractivity contribution in [3.63, 3.8) is 0 Å². The van der Waals surface area contributed by atoms with E-state index in [1.807, 2.05) is 36.4 Å². The number of aromatic nitrogens is 1. The maximum atomic E-state index is 13.0. The summed E-state index contributed by atoms with van der Waals surface area (Å²) in [6.45, 7) is -0.0731. The van der Waals surface area contributed by atoms with E-state index in [0.29, 0.717) is 16.2 Å². The Morgan fingerprint density at radius 1 is 1.07 bits per heavy atom. The monoisotopic (exact) mass is 400 g/mol. The Balaban J connectivity index is 2.20. The van der Waals surface area contributed by atoms with Crippen LogP contribution in [0.4, 0.5) is 13.2 Å². The number of hydrogen-bond donors (Lipinski definition) is 0. The van der Waals surface area contributed by atoms with E-state index in [-0.39, 0.29) is 12.1 Å². The van der Waals surface area contributed by atoms with Crippen molar-refractivity contribution in [2.24, 2.45) is 0 Å². The lowest BCUT2D eigenvalue weighted by Gasteiger charge is -2.16. The van der Waals surface area contributed by atoms with Gasteiger partial charge in [0.05, 0.1) is 17.8 Å². The highest BCUT2D eigenvalue weighted by atomic mass is 32.2. The summed E-state index contributed by atoms with van der Waals surface area (Å²) in [5.74, 6) is 0. The molecule has 0 aliphatic rings. The van der Waals surface area contributed by atoms with Crippen molar-refractivity contribution in [3.8, 4) is 17.3 Å². The minimum absolute atomic E-state index is 0.0147. The van der Waals surface area contributed by atoms with Gasteiger partial charge in [-0.15, -0.1) is 11.8 Å². The Kier molecular flexibility index (Phi) is 5.61. The molecule has 0 atom stereocenters. The molecule has 0 aliphatic heterocycles. The first-order valence-electron chi connectivity index (χ1n) is 8.28. The van der Waals surface area contributed by atoms with Crippen LogP contribution in [0.2, 0.25) is 0 Å². The van der Waals surface area contributed by atoms with Gasteiger partial charge in [0, 0.05) is 4.90 Å². The number of nitriles is 1. The number of hydrogen-bond acceptors (Lipinski definition) is 3. The lowest BCUT2D eigenvalue weighted by atomic mass is 10.1. The van der Waals surface area contributed by atoms with Gasteiger partial charge in [-0.2, -0.15) is 18.4 Å². The first-order valence-corrected chi connectivity index (χ1v) is 9.51. The van der Waals surface area contributed by atoms with Crippen molar-refractivity contribution in [3.05, 3.63) is 87.7 Å². The summed E-state index contributed by atoms with van der Waals surface area (Å²) in [5, 5.41) is 9.41. The molecule has 3 aromatic rings. The van der Waals surface area contributed by atoms with Crippen molar-refractivity contribution in [1.82, 2.24) is 4.57 Å². The van der Waals surface area contributed by atoms with Crippen LogP contribution in [0.3, 0.4) is 0 Å². The van der Waals surface area contributed by atoms with Crippen molar-refractivity contribution >= 4 is 11.8 Å². The number of alkyl halides is 3. The van der Waals surface area contributed by atoms with Gasteiger partial charge in [-0.3, -0.25) is 4.79 Å². The Morgan fingerprint density at radius 2 is 1.79 bits per heavy atom. The third-order valence-corrected chi connectivity index (χ3v) is 5.02. The van der Waals surface area contributed by atoms with Crippen LogP contribution in [-0.4, -0.2) is 10.8 Å². The van der Waals surface area contributed by atoms with Gasteiger partial charge in [-0.1, -0.05) is 42.5 Å². The summed E-state index contributed by atoms with van der Waals surface area (Å²) in [5.41, 5.74) is 0.304. The summed E-state index contributed by atoms with van der Waals surface area (Å²) < 4.78 is 40.5. The van der Waals surface area contributed by atoms with E-state index in [1.165, 1.54) is 28.5 Å². The Labute approximate surface area is 164 Å². The van der Waals surface area contributed by atoms with E-state index in [0.717, 1.165) is 17.7 Å². The Morgan fingerprint density at radius 3 is 2.39 bits per heavy atom. The molecule has 1 aromatic heterocycles. The van der Waals surface area contributed by atoms with Crippen LogP contribution in [0.5, 0.6) is 0 Å². The molecular formula is C21H15F3N2OS. The zero-order valence-corrected chi connectivity index (χ0v) is 15.6. The zero-order valence-electron chi connectivity index (χ0n) is 14.8. The van der Waals surface area contributed by atoms with E-state index in [2.05, 4.69) is 0 Å².